The van der Waals surface area contributed by atoms with E-state index < -0.39 is 34.8 Å². The number of aromatic hydroxyl groups is 1. The number of hydrogen-bond donors (Lipinski definition) is 4. The molecule has 0 amide bonds. The standard InChI is InChI=1S/C18H15F3N2O3S/c19-18(20,21)17(26)13(15(25)10-5-2-1-3-6-10)14(22-16(27)23-17)11-7-4-8-12(24)9-11/h1-9,13-14,24,26H,(H2,22,23,27)/t13-,14-,17+/m0/s1. The number of thiocarbonyl (C=S) groups is 1. The third kappa shape index (κ3) is 3.47. The second-order valence-electron chi connectivity index (χ2n) is 6.14. The number of aliphatic hydroxyl groups is 1. The highest BCUT2D eigenvalue weighted by Crippen LogP contribution is 2.44. The summed E-state index contributed by atoms with van der Waals surface area (Å²) in [6.45, 7) is 0. The zero-order valence-corrected chi connectivity index (χ0v) is 14.5. The highest BCUT2D eigenvalue weighted by molar-refractivity contribution is 7.80. The maximum absolute atomic E-state index is 13.8. The molecule has 0 unspecified atom stereocenters. The van der Waals surface area contributed by atoms with E-state index in [2.05, 4.69) is 5.32 Å². The van der Waals surface area contributed by atoms with E-state index in [1.165, 1.54) is 48.5 Å². The summed E-state index contributed by atoms with van der Waals surface area (Å²) in [7, 11) is 0. The summed E-state index contributed by atoms with van der Waals surface area (Å²) in [6, 6.07) is 11.5. The Kier molecular flexibility index (Phi) is 4.83. The fourth-order valence-corrected chi connectivity index (χ4v) is 3.40. The lowest BCUT2D eigenvalue weighted by Gasteiger charge is -2.46. The third-order valence-electron chi connectivity index (χ3n) is 4.38. The molecule has 0 radical (unpaired) electrons. The van der Waals surface area contributed by atoms with Gasteiger partial charge in [0.1, 0.15) is 11.7 Å². The molecule has 9 heteroatoms. The minimum Gasteiger partial charge on any atom is -0.508 e. The number of rotatable bonds is 3. The Morgan fingerprint density at radius 2 is 1.78 bits per heavy atom. The average molecular weight is 396 g/mol. The number of nitrogens with one attached hydrogen (secondary N) is 2. The molecule has 0 bridgehead atoms. The van der Waals surface area contributed by atoms with Crippen LogP contribution in [0, 0.1) is 5.92 Å². The van der Waals surface area contributed by atoms with Crippen molar-refractivity contribution in [1.82, 2.24) is 10.6 Å². The lowest BCUT2D eigenvalue weighted by molar-refractivity contribution is -0.285. The van der Waals surface area contributed by atoms with Gasteiger partial charge in [0.25, 0.3) is 0 Å². The Morgan fingerprint density at radius 1 is 1.11 bits per heavy atom. The minimum absolute atomic E-state index is 0.00625. The second kappa shape index (κ2) is 6.82. The van der Waals surface area contributed by atoms with Crippen molar-refractivity contribution in [3.63, 3.8) is 0 Å². The van der Waals surface area contributed by atoms with Gasteiger partial charge in [0.15, 0.2) is 10.9 Å². The first kappa shape index (κ1) is 19.1. The van der Waals surface area contributed by atoms with Crippen molar-refractivity contribution in [2.75, 3.05) is 0 Å². The SMILES string of the molecule is O=C(c1ccccc1)[C@@H]1[C@H](c2cccc(O)c2)NC(=S)N[C@]1(O)C(F)(F)F. The van der Waals surface area contributed by atoms with E-state index in [9.17, 15) is 28.2 Å². The summed E-state index contributed by atoms with van der Waals surface area (Å²) in [4.78, 5) is 13.0. The topological polar surface area (TPSA) is 81.6 Å². The third-order valence-corrected chi connectivity index (χ3v) is 4.60. The number of hydrogen-bond acceptors (Lipinski definition) is 4. The molecule has 5 nitrogen and oxygen atoms in total. The van der Waals surface area contributed by atoms with E-state index in [1.807, 2.05) is 5.32 Å². The summed E-state index contributed by atoms with van der Waals surface area (Å²) in [6.07, 6.45) is -5.19. The molecule has 142 valence electrons. The Hall–Kier alpha value is -2.65. The predicted octanol–water partition coefficient (Wildman–Crippen LogP) is 2.66. The van der Waals surface area contributed by atoms with Crippen LogP contribution in [0.1, 0.15) is 22.0 Å². The summed E-state index contributed by atoms with van der Waals surface area (Å²) < 4.78 is 41.4. The lowest BCUT2D eigenvalue weighted by atomic mass is 9.77. The maximum Gasteiger partial charge on any atom is 0.437 e. The quantitative estimate of drug-likeness (QED) is 0.472. The van der Waals surface area contributed by atoms with Crippen molar-refractivity contribution in [1.29, 1.82) is 0 Å². The zero-order chi connectivity index (χ0) is 19.8. The fraction of sp³-hybridized carbons (Fsp3) is 0.222. The predicted molar refractivity (Wildman–Crippen MR) is 95.0 cm³/mol. The van der Waals surface area contributed by atoms with Crippen molar-refractivity contribution in [2.24, 2.45) is 5.92 Å². The number of alkyl halides is 3. The van der Waals surface area contributed by atoms with Gasteiger partial charge in [0.2, 0.25) is 5.72 Å². The molecule has 2 aromatic rings. The smallest absolute Gasteiger partial charge is 0.437 e. The van der Waals surface area contributed by atoms with Crippen LogP contribution in [0.2, 0.25) is 0 Å². The number of ketones is 1. The molecule has 0 aromatic heterocycles. The first-order valence-electron chi connectivity index (χ1n) is 7.89. The molecule has 1 aliphatic heterocycles. The molecule has 3 atom stereocenters. The van der Waals surface area contributed by atoms with E-state index in [-0.39, 0.29) is 16.9 Å². The van der Waals surface area contributed by atoms with Crippen LogP contribution in [0.4, 0.5) is 13.2 Å². The number of phenolic OH excluding ortho intramolecular Hbond substituents is 1. The van der Waals surface area contributed by atoms with Crippen LogP contribution in [0.15, 0.2) is 54.6 Å². The fourth-order valence-electron chi connectivity index (χ4n) is 3.12. The highest BCUT2D eigenvalue weighted by Gasteiger charge is 2.65. The van der Waals surface area contributed by atoms with Gasteiger partial charge in [-0.1, -0.05) is 42.5 Å². The van der Waals surface area contributed by atoms with Crippen molar-refractivity contribution in [3.8, 4) is 5.75 Å². The number of phenols is 1. The van der Waals surface area contributed by atoms with Crippen LogP contribution in [0.3, 0.4) is 0 Å². The number of Topliss-reactive ketones (excluding diaryl/α,β-unsaturated/α-hetero) is 1. The van der Waals surface area contributed by atoms with Crippen LogP contribution in [0.5, 0.6) is 5.75 Å². The molecule has 1 fully saturated rings. The summed E-state index contributed by atoms with van der Waals surface area (Å²) >= 11 is 4.83. The summed E-state index contributed by atoms with van der Waals surface area (Å²) in [5, 5.41) is 24.2. The Morgan fingerprint density at radius 3 is 2.37 bits per heavy atom. The highest BCUT2D eigenvalue weighted by atomic mass is 32.1. The van der Waals surface area contributed by atoms with Gasteiger partial charge in [-0.25, -0.2) is 0 Å². The van der Waals surface area contributed by atoms with Crippen molar-refractivity contribution < 1.29 is 28.2 Å². The van der Waals surface area contributed by atoms with Crippen LogP contribution >= 0.6 is 12.2 Å². The van der Waals surface area contributed by atoms with E-state index in [0.29, 0.717) is 0 Å². The van der Waals surface area contributed by atoms with Gasteiger partial charge in [0.05, 0.1) is 6.04 Å². The Bertz CT molecular complexity index is 876. The van der Waals surface area contributed by atoms with Crippen LogP contribution < -0.4 is 10.6 Å². The number of carbonyl (C=O) groups excluding carboxylic acids is 1. The van der Waals surface area contributed by atoms with Crippen LogP contribution in [-0.2, 0) is 0 Å². The first-order chi connectivity index (χ1) is 12.6. The van der Waals surface area contributed by atoms with Gasteiger partial charge in [-0.05, 0) is 29.9 Å². The van der Waals surface area contributed by atoms with Crippen LogP contribution in [-0.4, -0.2) is 33.0 Å². The molecule has 0 saturated carbocycles. The molecular weight excluding hydrogens is 381 g/mol. The van der Waals surface area contributed by atoms with Crippen LogP contribution in [0.25, 0.3) is 0 Å². The first-order valence-corrected chi connectivity index (χ1v) is 8.30. The average Bonchev–Trinajstić information content (AvgIpc) is 2.60. The Labute approximate surface area is 157 Å². The van der Waals surface area contributed by atoms with Gasteiger partial charge >= 0.3 is 6.18 Å². The van der Waals surface area contributed by atoms with Gasteiger partial charge in [-0.3, -0.25) is 4.79 Å². The van der Waals surface area contributed by atoms with E-state index >= 15 is 0 Å². The van der Waals surface area contributed by atoms with Crippen molar-refractivity contribution >= 4 is 23.1 Å². The van der Waals surface area contributed by atoms with Gasteiger partial charge < -0.3 is 20.8 Å². The molecule has 0 aliphatic carbocycles. The van der Waals surface area contributed by atoms with E-state index in [4.69, 9.17) is 12.2 Å². The second-order valence-corrected chi connectivity index (χ2v) is 6.55. The number of carbonyl (C=O) groups is 1. The maximum atomic E-state index is 13.8. The number of halogens is 3. The van der Waals surface area contributed by atoms with Gasteiger partial charge in [-0.2, -0.15) is 13.2 Å². The molecular formula is C18H15F3N2O3S. The van der Waals surface area contributed by atoms with E-state index in [0.717, 1.165) is 0 Å². The molecule has 2 aromatic carbocycles. The molecule has 27 heavy (non-hydrogen) atoms. The molecule has 1 heterocycles. The van der Waals surface area contributed by atoms with Gasteiger partial charge in [-0.15, -0.1) is 0 Å². The molecule has 1 aliphatic rings. The zero-order valence-electron chi connectivity index (χ0n) is 13.7. The monoisotopic (exact) mass is 396 g/mol. The minimum atomic E-state index is -5.19. The molecule has 0 spiro atoms. The van der Waals surface area contributed by atoms with Gasteiger partial charge in [0, 0.05) is 5.56 Å². The summed E-state index contributed by atoms with van der Waals surface area (Å²) in [5.74, 6) is -3.11. The summed E-state index contributed by atoms with van der Waals surface area (Å²) in [5.41, 5.74) is -3.40. The molecule has 1 saturated heterocycles. The van der Waals surface area contributed by atoms with Crippen molar-refractivity contribution in [3.05, 3.63) is 65.7 Å². The largest absolute Gasteiger partial charge is 0.508 e. The van der Waals surface area contributed by atoms with Crippen molar-refractivity contribution in [2.45, 2.75) is 17.9 Å². The molecule has 3 rings (SSSR count). The number of benzene rings is 2. The Balaban J connectivity index is 2.17. The molecule has 4 N–H and O–H groups in total. The van der Waals surface area contributed by atoms with E-state index in [1.54, 1.807) is 6.07 Å². The lowest BCUT2D eigenvalue weighted by Crippen LogP contribution is -2.72. The normalized spacial score (nSPS) is 25.4.